The Morgan fingerprint density at radius 1 is 1.38 bits per heavy atom. The van der Waals surface area contributed by atoms with Gasteiger partial charge in [-0.05, 0) is 20.3 Å². The molecule has 0 spiro atoms. The van der Waals surface area contributed by atoms with E-state index in [-0.39, 0.29) is 6.29 Å². The lowest BCUT2D eigenvalue weighted by molar-refractivity contribution is -0.197. The molecule has 0 bridgehead atoms. The first-order valence-electron chi connectivity index (χ1n) is 3.06. The second-order valence-electron chi connectivity index (χ2n) is 2.17. The number of hydrogen-bond donors (Lipinski definition) is 0. The van der Waals surface area contributed by atoms with Crippen molar-refractivity contribution in [3.63, 3.8) is 0 Å². The van der Waals surface area contributed by atoms with Crippen molar-refractivity contribution in [3.8, 4) is 0 Å². The minimum atomic E-state index is 0.0127. The van der Waals surface area contributed by atoms with Gasteiger partial charge in [0.05, 0.1) is 12.7 Å². The fourth-order valence-corrected chi connectivity index (χ4v) is 0.834. The van der Waals surface area contributed by atoms with Gasteiger partial charge in [-0.2, -0.15) is 0 Å². The van der Waals surface area contributed by atoms with Gasteiger partial charge < -0.3 is 9.47 Å². The molecule has 0 saturated carbocycles. The molecule has 0 unspecified atom stereocenters. The highest BCUT2D eigenvalue weighted by Gasteiger charge is 2.13. The predicted molar refractivity (Wildman–Crippen MR) is 30.6 cm³/mol. The summed E-state index contributed by atoms with van der Waals surface area (Å²) in [6.07, 6.45) is 1.43. The lowest BCUT2D eigenvalue weighted by Gasteiger charge is -2.24. The van der Waals surface area contributed by atoms with Crippen LogP contribution in [-0.2, 0) is 9.47 Å². The lowest BCUT2D eigenvalue weighted by atomic mass is 10.3. The molecule has 48 valence electrons. The van der Waals surface area contributed by atoms with E-state index >= 15 is 0 Å². The monoisotopic (exact) mass is 116 g/mol. The number of rotatable bonds is 0. The number of hydrogen-bond acceptors (Lipinski definition) is 2. The molecule has 2 heteroatoms. The molecule has 2 atom stereocenters. The van der Waals surface area contributed by atoms with Crippen LogP contribution in [0, 0.1) is 0 Å². The Hall–Kier alpha value is -0.0800. The first-order valence-corrected chi connectivity index (χ1v) is 3.06. The number of ether oxygens (including phenoxy) is 2. The quantitative estimate of drug-likeness (QED) is 0.472. The summed E-state index contributed by atoms with van der Waals surface area (Å²) in [4.78, 5) is 0. The smallest absolute Gasteiger partial charge is 0.155 e. The van der Waals surface area contributed by atoms with Crippen LogP contribution in [0.15, 0.2) is 0 Å². The van der Waals surface area contributed by atoms with Gasteiger partial charge in [0.2, 0.25) is 0 Å². The van der Waals surface area contributed by atoms with Crippen LogP contribution < -0.4 is 0 Å². The van der Waals surface area contributed by atoms with E-state index in [0.29, 0.717) is 6.10 Å². The molecule has 1 fully saturated rings. The van der Waals surface area contributed by atoms with E-state index in [0.717, 1.165) is 13.0 Å². The summed E-state index contributed by atoms with van der Waals surface area (Å²) in [5, 5.41) is 0. The first kappa shape index (κ1) is 6.05. The second kappa shape index (κ2) is 2.46. The van der Waals surface area contributed by atoms with Gasteiger partial charge in [-0.25, -0.2) is 0 Å². The molecule has 1 rings (SSSR count). The fourth-order valence-electron chi connectivity index (χ4n) is 0.834. The second-order valence-corrected chi connectivity index (χ2v) is 2.17. The predicted octanol–water partition coefficient (Wildman–Crippen LogP) is 1.16. The molecule has 0 radical (unpaired) electrons. The standard InChI is InChI=1S/C6H12O2/c1-5-3-4-7-6(2)8-5/h5-6H,3-4H2,1-2H3/t5-,6+/m1/s1. The van der Waals surface area contributed by atoms with E-state index in [1.54, 1.807) is 0 Å². The molecule has 8 heavy (non-hydrogen) atoms. The summed E-state index contributed by atoms with van der Waals surface area (Å²) in [7, 11) is 0. The normalized spacial score (nSPS) is 39.8. The molecule has 0 amide bonds. The van der Waals surface area contributed by atoms with Crippen LogP contribution in [0.4, 0.5) is 0 Å². The average molecular weight is 116 g/mol. The van der Waals surface area contributed by atoms with Gasteiger partial charge >= 0.3 is 0 Å². The Morgan fingerprint density at radius 3 is 2.50 bits per heavy atom. The molecule has 1 aliphatic rings. The van der Waals surface area contributed by atoms with E-state index in [1.165, 1.54) is 0 Å². The van der Waals surface area contributed by atoms with Crippen molar-refractivity contribution < 1.29 is 9.47 Å². The summed E-state index contributed by atoms with van der Waals surface area (Å²) in [6.45, 7) is 4.84. The van der Waals surface area contributed by atoms with Crippen molar-refractivity contribution in [2.24, 2.45) is 0 Å². The molecule has 0 aromatic heterocycles. The van der Waals surface area contributed by atoms with Crippen molar-refractivity contribution >= 4 is 0 Å². The summed E-state index contributed by atoms with van der Waals surface area (Å²) < 4.78 is 10.4. The minimum absolute atomic E-state index is 0.0127. The maximum atomic E-state index is 5.26. The van der Waals surface area contributed by atoms with Crippen LogP contribution >= 0.6 is 0 Å². The minimum Gasteiger partial charge on any atom is -0.353 e. The molecular formula is C6H12O2. The Kier molecular flexibility index (Phi) is 1.86. The van der Waals surface area contributed by atoms with Crippen LogP contribution in [-0.4, -0.2) is 19.0 Å². The van der Waals surface area contributed by atoms with Gasteiger partial charge in [-0.3, -0.25) is 0 Å². The third-order valence-electron chi connectivity index (χ3n) is 1.30. The molecular weight excluding hydrogens is 104 g/mol. The van der Waals surface area contributed by atoms with Crippen LogP contribution in [0.2, 0.25) is 0 Å². The zero-order valence-corrected chi connectivity index (χ0v) is 5.39. The van der Waals surface area contributed by atoms with Gasteiger partial charge in [-0.15, -0.1) is 0 Å². The van der Waals surface area contributed by atoms with Crippen molar-refractivity contribution in [3.05, 3.63) is 0 Å². The zero-order valence-electron chi connectivity index (χ0n) is 5.39. The lowest BCUT2D eigenvalue weighted by Crippen LogP contribution is -2.27. The highest BCUT2D eigenvalue weighted by Crippen LogP contribution is 2.09. The van der Waals surface area contributed by atoms with E-state index in [1.807, 2.05) is 6.92 Å². The molecule has 0 aromatic carbocycles. The highest BCUT2D eigenvalue weighted by molar-refractivity contribution is 4.54. The Labute approximate surface area is 49.8 Å². The Morgan fingerprint density at radius 2 is 2.12 bits per heavy atom. The average Bonchev–Trinajstić information content (AvgIpc) is 1.64. The van der Waals surface area contributed by atoms with Crippen LogP contribution in [0.3, 0.4) is 0 Å². The summed E-state index contributed by atoms with van der Waals surface area (Å²) in [5.41, 5.74) is 0. The third-order valence-corrected chi connectivity index (χ3v) is 1.30. The first-order chi connectivity index (χ1) is 3.79. The van der Waals surface area contributed by atoms with Gasteiger partial charge in [-0.1, -0.05) is 0 Å². The van der Waals surface area contributed by atoms with E-state index in [9.17, 15) is 0 Å². The zero-order chi connectivity index (χ0) is 5.98. The highest BCUT2D eigenvalue weighted by atomic mass is 16.7. The van der Waals surface area contributed by atoms with Crippen molar-refractivity contribution in [1.82, 2.24) is 0 Å². The van der Waals surface area contributed by atoms with Crippen LogP contribution in [0.1, 0.15) is 20.3 Å². The molecule has 1 heterocycles. The largest absolute Gasteiger partial charge is 0.353 e. The third kappa shape index (κ3) is 1.46. The van der Waals surface area contributed by atoms with Gasteiger partial charge in [0.1, 0.15) is 0 Å². The van der Waals surface area contributed by atoms with Gasteiger partial charge in [0.25, 0.3) is 0 Å². The van der Waals surface area contributed by atoms with E-state index < -0.39 is 0 Å². The summed E-state index contributed by atoms with van der Waals surface area (Å²) >= 11 is 0. The van der Waals surface area contributed by atoms with Crippen molar-refractivity contribution in [2.75, 3.05) is 6.61 Å². The van der Waals surface area contributed by atoms with Crippen LogP contribution in [0.5, 0.6) is 0 Å². The molecule has 0 aliphatic carbocycles. The van der Waals surface area contributed by atoms with Crippen LogP contribution in [0.25, 0.3) is 0 Å². The van der Waals surface area contributed by atoms with Crippen molar-refractivity contribution in [1.29, 1.82) is 0 Å². The van der Waals surface area contributed by atoms with Gasteiger partial charge in [0, 0.05) is 0 Å². The van der Waals surface area contributed by atoms with E-state index in [2.05, 4.69) is 6.92 Å². The Bertz CT molecular complexity index is 64.9. The molecule has 0 aromatic rings. The maximum absolute atomic E-state index is 5.26. The molecule has 1 aliphatic heterocycles. The molecule has 2 nitrogen and oxygen atoms in total. The summed E-state index contributed by atoms with van der Waals surface area (Å²) in [5.74, 6) is 0. The maximum Gasteiger partial charge on any atom is 0.155 e. The molecule has 0 N–H and O–H groups in total. The summed E-state index contributed by atoms with van der Waals surface area (Å²) in [6, 6.07) is 0. The topological polar surface area (TPSA) is 18.5 Å². The molecule has 1 saturated heterocycles. The van der Waals surface area contributed by atoms with Crippen molar-refractivity contribution in [2.45, 2.75) is 32.7 Å². The van der Waals surface area contributed by atoms with Gasteiger partial charge in [0.15, 0.2) is 6.29 Å². The Balaban J connectivity index is 2.23. The van der Waals surface area contributed by atoms with E-state index in [4.69, 9.17) is 9.47 Å². The fraction of sp³-hybridized carbons (Fsp3) is 1.00. The SMILES string of the molecule is C[C@H]1OCC[C@@H](C)O1.